The van der Waals surface area contributed by atoms with Gasteiger partial charge in [0.1, 0.15) is 0 Å². The number of hydrogen-bond acceptors (Lipinski definition) is 3. The summed E-state index contributed by atoms with van der Waals surface area (Å²) >= 11 is 7.78. The molecule has 0 saturated carbocycles. The van der Waals surface area contributed by atoms with E-state index in [0.717, 1.165) is 27.4 Å². The minimum atomic E-state index is -0.0852. The van der Waals surface area contributed by atoms with Crippen molar-refractivity contribution >= 4 is 34.5 Å². The van der Waals surface area contributed by atoms with Crippen molar-refractivity contribution in [2.24, 2.45) is 0 Å². The van der Waals surface area contributed by atoms with Crippen LogP contribution < -0.4 is 5.32 Å². The average Bonchev–Trinajstić information content (AvgIpc) is 2.97. The number of carbonyl (C=O) groups is 1. The molecule has 2 aromatic carbocycles. The van der Waals surface area contributed by atoms with Crippen LogP contribution in [0.25, 0.3) is 11.3 Å². The van der Waals surface area contributed by atoms with Crippen LogP contribution in [0.3, 0.4) is 0 Å². The van der Waals surface area contributed by atoms with Crippen molar-refractivity contribution in [1.82, 2.24) is 4.98 Å². The number of halogens is 1. The third-order valence-corrected chi connectivity index (χ3v) is 4.72. The third kappa shape index (κ3) is 4.02. The maximum atomic E-state index is 12.2. The second kappa shape index (κ2) is 7.16. The standard InChI is InChI=1S/C19H17ClN2OS/c1-12-3-8-17(16(20)9-12)22-19(23)10-14-4-6-15(7-5-14)18-11-24-13(2)21-18/h3-9,11H,10H2,1-2H3,(H,22,23). The summed E-state index contributed by atoms with van der Waals surface area (Å²) in [6.45, 7) is 3.95. The smallest absolute Gasteiger partial charge is 0.228 e. The molecule has 3 nitrogen and oxygen atoms in total. The van der Waals surface area contributed by atoms with Gasteiger partial charge in [-0.1, -0.05) is 41.9 Å². The molecule has 0 bridgehead atoms. The van der Waals surface area contributed by atoms with Gasteiger partial charge in [-0.2, -0.15) is 0 Å². The Bertz CT molecular complexity index is 871. The lowest BCUT2D eigenvalue weighted by Crippen LogP contribution is -2.14. The van der Waals surface area contributed by atoms with Gasteiger partial charge in [-0.15, -0.1) is 11.3 Å². The molecule has 1 heterocycles. The van der Waals surface area contributed by atoms with E-state index in [2.05, 4.69) is 10.3 Å². The molecule has 0 atom stereocenters. The molecule has 1 aromatic heterocycles. The lowest BCUT2D eigenvalue weighted by atomic mass is 10.1. The van der Waals surface area contributed by atoms with E-state index in [1.54, 1.807) is 11.3 Å². The van der Waals surface area contributed by atoms with Gasteiger partial charge >= 0.3 is 0 Å². The quantitative estimate of drug-likeness (QED) is 0.692. The van der Waals surface area contributed by atoms with E-state index >= 15 is 0 Å². The van der Waals surface area contributed by atoms with Crippen molar-refractivity contribution in [3.05, 3.63) is 69.0 Å². The molecule has 0 fully saturated rings. The molecule has 3 rings (SSSR count). The van der Waals surface area contributed by atoms with Crippen LogP contribution in [0.4, 0.5) is 5.69 Å². The summed E-state index contributed by atoms with van der Waals surface area (Å²) in [7, 11) is 0. The number of nitrogens with zero attached hydrogens (tertiary/aromatic N) is 1. The van der Waals surface area contributed by atoms with Crippen LogP contribution in [0, 0.1) is 13.8 Å². The molecule has 0 spiro atoms. The van der Waals surface area contributed by atoms with E-state index in [0.29, 0.717) is 17.1 Å². The number of carbonyl (C=O) groups excluding carboxylic acids is 1. The highest BCUT2D eigenvalue weighted by Crippen LogP contribution is 2.24. The Morgan fingerprint density at radius 1 is 1.17 bits per heavy atom. The van der Waals surface area contributed by atoms with E-state index in [9.17, 15) is 4.79 Å². The zero-order valence-corrected chi connectivity index (χ0v) is 15.0. The summed E-state index contributed by atoms with van der Waals surface area (Å²) in [5.41, 5.74) is 4.68. The number of hydrogen-bond donors (Lipinski definition) is 1. The number of thiazole rings is 1. The van der Waals surface area contributed by atoms with Crippen LogP contribution in [0.1, 0.15) is 16.1 Å². The summed E-state index contributed by atoms with van der Waals surface area (Å²) < 4.78 is 0. The second-order valence-electron chi connectivity index (χ2n) is 5.66. The molecule has 122 valence electrons. The molecular formula is C19H17ClN2OS. The molecule has 0 saturated heterocycles. The fraction of sp³-hybridized carbons (Fsp3) is 0.158. The van der Waals surface area contributed by atoms with E-state index in [4.69, 9.17) is 11.6 Å². The zero-order valence-electron chi connectivity index (χ0n) is 13.5. The lowest BCUT2D eigenvalue weighted by Gasteiger charge is -2.08. The predicted octanol–water partition coefficient (Wildman–Crippen LogP) is 5.26. The summed E-state index contributed by atoms with van der Waals surface area (Å²) in [5, 5.41) is 6.49. The highest BCUT2D eigenvalue weighted by Gasteiger charge is 2.08. The lowest BCUT2D eigenvalue weighted by molar-refractivity contribution is -0.115. The van der Waals surface area contributed by atoms with Crippen LogP contribution in [0.15, 0.2) is 47.8 Å². The first-order valence-electron chi connectivity index (χ1n) is 7.59. The van der Waals surface area contributed by atoms with Gasteiger partial charge in [-0.05, 0) is 37.1 Å². The molecule has 0 unspecified atom stereocenters. The molecule has 0 aliphatic carbocycles. The van der Waals surface area contributed by atoms with Gasteiger partial charge in [0, 0.05) is 10.9 Å². The molecule has 3 aromatic rings. The number of nitrogens with one attached hydrogen (secondary N) is 1. The van der Waals surface area contributed by atoms with E-state index in [1.165, 1.54) is 0 Å². The number of aromatic nitrogens is 1. The normalized spacial score (nSPS) is 10.6. The van der Waals surface area contributed by atoms with Crippen LogP contribution in [0.2, 0.25) is 5.02 Å². The Morgan fingerprint density at radius 2 is 1.92 bits per heavy atom. The highest BCUT2D eigenvalue weighted by molar-refractivity contribution is 7.09. The van der Waals surface area contributed by atoms with Crippen molar-refractivity contribution in [3.8, 4) is 11.3 Å². The Balaban J connectivity index is 1.66. The first kappa shape index (κ1) is 16.7. The molecular weight excluding hydrogens is 340 g/mol. The Morgan fingerprint density at radius 3 is 2.54 bits per heavy atom. The van der Waals surface area contributed by atoms with Crippen LogP contribution in [-0.4, -0.2) is 10.9 Å². The zero-order chi connectivity index (χ0) is 17.1. The SMILES string of the molecule is Cc1ccc(NC(=O)Cc2ccc(-c3csc(C)n3)cc2)c(Cl)c1. The van der Waals surface area contributed by atoms with Crippen molar-refractivity contribution in [1.29, 1.82) is 0 Å². The molecule has 0 aliphatic rings. The van der Waals surface area contributed by atoms with Crippen molar-refractivity contribution in [2.75, 3.05) is 5.32 Å². The Labute approximate surface area is 150 Å². The topological polar surface area (TPSA) is 42.0 Å². The monoisotopic (exact) mass is 356 g/mol. The van der Waals surface area contributed by atoms with Crippen molar-refractivity contribution < 1.29 is 4.79 Å². The summed E-state index contributed by atoms with van der Waals surface area (Å²) in [6, 6.07) is 13.5. The van der Waals surface area contributed by atoms with Crippen LogP contribution in [-0.2, 0) is 11.2 Å². The fourth-order valence-electron chi connectivity index (χ4n) is 2.39. The van der Waals surface area contributed by atoms with Gasteiger partial charge in [0.05, 0.1) is 27.8 Å². The van der Waals surface area contributed by atoms with Gasteiger partial charge < -0.3 is 5.32 Å². The molecule has 5 heteroatoms. The molecule has 24 heavy (non-hydrogen) atoms. The minimum absolute atomic E-state index is 0.0852. The first-order valence-corrected chi connectivity index (χ1v) is 8.84. The number of aryl methyl sites for hydroxylation is 2. The van der Waals surface area contributed by atoms with E-state index in [1.807, 2.05) is 61.7 Å². The van der Waals surface area contributed by atoms with E-state index in [-0.39, 0.29) is 5.91 Å². The van der Waals surface area contributed by atoms with Gasteiger partial charge in [0.15, 0.2) is 0 Å². The highest BCUT2D eigenvalue weighted by atomic mass is 35.5. The van der Waals surface area contributed by atoms with Crippen molar-refractivity contribution in [3.63, 3.8) is 0 Å². The van der Waals surface area contributed by atoms with Gasteiger partial charge in [0.25, 0.3) is 0 Å². The summed E-state index contributed by atoms with van der Waals surface area (Å²) in [4.78, 5) is 16.7. The van der Waals surface area contributed by atoms with Crippen molar-refractivity contribution in [2.45, 2.75) is 20.3 Å². The van der Waals surface area contributed by atoms with Crippen LogP contribution in [0.5, 0.6) is 0 Å². The van der Waals surface area contributed by atoms with Gasteiger partial charge in [-0.25, -0.2) is 4.98 Å². The first-order chi connectivity index (χ1) is 11.5. The Kier molecular flexibility index (Phi) is 4.97. The number of anilines is 1. The number of benzene rings is 2. The maximum Gasteiger partial charge on any atom is 0.228 e. The predicted molar refractivity (Wildman–Crippen MR) is 101 cm³/mol. The van der Waals surface area contributed by atoms with Gasteiger partial charge in [0.2, 0.25) is 5.91 Å². The van der Waals surface area contributed by atoms with Gasteiger partial charge in [-0.3, -0.25) is 4.79 Å². The molecule has 1 N–H and O–H groups in total. The fourth-order valence-corrected chi connectivity index (χ4v) is 3.30. The summed E-state index contributed by atoms with van der Waals surface area (Å²) in [6.07, 6.45) is 0.306. The number of rotatable bonds is 4. The minimum Gasteiger partial charge on any atom is -0.324 e. The largest absolute Gasteiger partial charge is 0.324 e. The number of amides is 1. The van der Waals surface area contributed by atoms with Crippen LogP contribution >= 0.6 is 22.9 Å². The molecule has 1 amide bonds. The van der Waals surface area contributed by atoms with E-state index < -0.39 is 0 Å². The maximum absolute atomic E-state index is 12.2. The third-order valence-electron chi connectivity index (χ3n) is 3.63. The molecule has 0 radical (unpaired) electrons. The average molecular weight is 357 g/mol. The molecule has 0 aliphatic heterocycles. The summed E-state index contributed by atoms with van der Waals surface area (Å²) in [5.74, 6) is -0.0852. The Hall–Kier alpha value is -2.17. The second-order valence-corrected chi connectivity index (χ2v) is 7.13.